The summed E-state index contributed by atoms with van der Waals surface area (Å²) in [5.74, 6) is 1.69. The number of hydrogen-bond donors (Lipinski definition) is 2. The highest BCUT2D eigenvalue weighted by atomic mass is 32.1. The highest BCUT2D eigenvalue weighted by Crippen LogP contribution is 2.32. The molecule has 2 aromatic heterocycles. The number of phenols is 1. The Hall–Kier alpha value is -1.92. The van der Waals surface area contributed by atoms with Crippen molar-refractivity contribution in [2.45, 2.75) is 26.4 Å². The maximum atomic E-state index is 9.90. The summed E-state index contributed by atoms with van der Waals surface area (Å²) in [6, 6.07) is 7.83. The van der Waals surface area contributed by atoms with Crippen molar-refractivity contribution in [1.82, 2.24) is 20.1 Å². The van der Waals surface area contributed by atoms with E-state index >= 15 is 0 Å². The van der Waals surface area contributed by atoms with E-state index in [1.807, 2.05) is 23.7 Å². The van der Waals surface area contributed by atoms with E-state index in [9.17, 15) is 5.11 Å². The van der Waals surface area contributed by atoms with E-state index in [1.54, 1.807) is 23.7 Å². The van der Waals surface area contributed by atoms with E-state index in [4.69, 9.17) is 0 Å². The van der Waals surface area contributed by atoms with E-state index in [0.29, 0.717) is 11.7 Å². The van der Waals surface area contributed by atoms with Crippen LogP contribution in [0.15, 0.2) is 30.6 Å². The van der Waals surface area contributed by atoms with Crippen LogP contribution in [0.25, 0.3) is 10.1 Å². The molecule has 0 aliphatic heterocycles. The number of rotatable bonds is 5. The van der Waals surface area contributed by atoms with Crippen LogP contribution in [0.2, 0.25) is 0 Å². The summed E-state index contributed by atoms with van der Waals surface area (Å²) in [4.78, 5) is 1.20. The molecule has 0 spiro atoms. The average Bonchev–Trinajstić information content (AvgIpc) is 3.06. The molecule has 0 fully saturated rings. The Morgan fingerprint density at radius 3 is 2.82 bits per heavy atom. The summed E-state index contributed by atoms with van der Waals surface area (Å²) in [5, 5.41) is 22.6. The van der Waals surface area contributed by atoms with Crippen molar-refractivity contribution >= 4 is 21.4 Å². The van der Waals surface area contributed by atoms with Gasteiger partial charge in [0.25, 0.3) is 0 Å². The molecule has 116 valence electrons. The Bertz CT molecular complexity index is 777. The molecule has 0 aliphatic rings. The van der Waals surface area contributed by atoms with Gasteiger partial charge in [-0.15, -0.1) is 21.5 Å². The third-order valence-corrected chi connectivity index (χ3v) is 4.88. The second kappa shape index (κ2) is 6.06. The fourth-order valence-electron chi connectivity index (χ4n) is 2.59. The lowest BCUT2D eigenvalue weighted by Gasteiger charge is -2.21. The van der Waals surface area contributed by atoms with Crippen LogP contribution in [-0.4, -0.2) is 19.9 Å². The van der Waals surface area contributed by atoms with Crippen LogP contribution in [0.3, 0.4) is 0 Å². The van der Waals surface area contributed by atoms with Gasteiger partial charge >= 0.3 is 0 Å². The molecule has 5 nitrogen and oxygen atoms in total. The predicted octanol–water partition coefficient (Wildman–Crippen LogP) is 3.22. The molecule has 0 saturated carbocycles. The van der Waals surface area contributed by atoms with Crippen LogP contribution < -0.4 is 5.32 Å². The normalized spacial score (nSPS) is 13.1. The third kappa shape index (κ3) is 2.84. The first kappa shape index (κ1) is 15.0. The van der Waals surface area contributed by atoms with Crippen molar-refractivity contribution < 1.29 is 5.11 Å². The summed E-state index contributed by atoms with van der Waals surface area (Å²) in [6.07, 6.45) is 1.73. The summed E-state index contributed by atoms with van der Waals surface area (Å²) in [5.41, 5.74) is 0. The first-order valence-electron chi connectivity index (χ1n) is 7.34. The van der Waals surface area contributed by atoms with Gasteiger partial charge in [-0.25, -0.2) is 0 Å². The third-order valence-electron chi connectivity index (χ3n) is 3.78. The number of aromatic hydroxyl groups is 1. The summed E-state index contributed by atoms with van der Waals surface area (Å²) >= 11 is 1.70. The van der Waals surface area contributed by atoms with Gasteiger partial charge in [0, 0.05) is 28.6 Å². The van der Waals surface area contributed by atoms with Gasteiger partial charge in [-0.05, 0) is 24.1 Å². The second-order valence-corrected chi connectivity index (χ2v) is 6.97. The van der Waals surface area contributed by atoms with Gasteiger partial charge in [0.15, 0.2) is 0 Å². The maximum Gasteiger partial charge on any atom is 0.149 e. The average molecular weight is 316 g/mol. The topological polar surface area (TPSA) is 63.0 Å². The first-order chi connectivity index (χ1) is 10.6. The zero-order chi connectivity index (χ0) is 15.7. The lowest BCUT2D eigenvalue weighted by molar-refractivity contribution is 0.385. The molecule has 2 heterocycles. The number of fused-ring (bicyclic) bond motifs is 1. The zero-order valence-electron chi connectivity index (χ0n) is 12.9. The Balaban J connectivity index is 1.79. The molecule has 0 aliphatic carbocycles. The fourth-order valence-corrected chi connectivity index (χ4v) is 3.63. The highest BCUT2D eigenvalue weighted by Gasteiger charge is 2.20. The minimum atomic E-state index is 0.145. The van der Waals surface area contributed by atoms with E-state index in [2.05, 4.69) is 35.4 Å². The van der Waals surface area contributed by atoms with Crippen LogP contribution >= 0.6 is 11.3 Å². The Labute approximate surface area is 133 Å². The van der Waals surface area contributed by atoms with Crippen LogP contribution in [-0.2, 0) is 13.6 Å². The lowest BCUT2D eigenvalue weighted by atomic mass is 10.0. The molecule has 3 rings (SSSR count). The molecule has 3 aromatic rings. The monoisotopic (exact) mass is 316 g/mol. The molecular formula is C16H20N4OS. The SMILES string of the molecule is CC(C)[C@@H](NCc1cc2c(O)cccc2s1)c1nncn1C. The van der Waals surface area contributed by atoms with Gasteiger partial charge in [0.1, 0.15) is 17.9 Å². The summed E-state index contributed by atoms with van der Waals surface area (Å²) < 4.78 is 3.06. The standard InChI is InChI=1S/C16H20N4OS/c1-10(2)15(16-19-18-9-20(16)3)17-8-11-7-12-13(21)5-4-6-14(12)22-11/h4-7,9-10,15,17,21H,8H2,1-3H3/t15-/m1/s1. The molecule has 1 atom stereocenters. The fraction of sp³-hybridized carbons (Fsp3) is 0.375. The largest absolute Gasteiger partial charge is 0.507 e. The van der Waals surface area contributed by atoms with Crippen molar-refractivity contribution in [3.63, 3.8) is 0 Å². The predicted molar refractivity (Wildman–Crippen MR) is 88.9 cm³/mol. The van der Waals surface area contributed by atoms with Crippen LogP contribution in [0, 0.1) is 5.92 Å². The van der Waals surface area contributed by atoms with Crippen LogP contribution in [0.1, 0.15) is 30.6 Å². The maximum absolute atomic E-state index is 9.90. The number of aromatic nitrogens is 3. The molecule has 0 unspecified atom stereocenters. The zero-order valence-corrected chi connectivity index (χ0v) is 13.8. The molecule has 0 saturated heterocycles. The van der Waals surface area contributed by atoms with E-state index in [1.165, 1.54) is 4.88 Å². The Morgan fingerprint density at radius 2 is 2.18 bits per heavy atom. The molecule has 0 radical (unpaired) electrons. The molecule has 6 heteroatoms. The number of phenolic OH excluding ortho intramolecular Hbond substituents is 1. The number of nitrogens with one attached hydrogen (secondary N) is 1. The van der Waals surface area contributed by atoms with Crippen LogP contribution in [0.5, 0.6) is 5.75 Å². The van der Waals surface area contributed by atoms with E-state index in [0.717, 1.165) is 22.5 Å². The van der Waals surface area contributed by atoms with Crippen molar-refractivity contribution in [2.75, 3.05) is 0 Å². The van der Waals surface area contributed by atoms with Crippen molar-refractivity contribution in [2.24, 2.45) is 13.0 Å². The molecule has 0 amide bonds. The molecule has 0 bridgehead atoms. The highest BCUT2D eigenvalue weighted by molar-refractivity contribution is 7.19. The van der Waals surface area contributed by atoms with Crippen molar-refractivity contribution in [3.8, 4) is 5.75 Å². The number of benzene rings is 1. The molecular weight excluding hydrogens is 296 g/mol. The number of thiophene rings is 1. The van der Waals surface area contributed by atoms with Gasteiger partial charge < -0.3 is 15.0 Å². The minimum Gasteiger partial charge on any atom is -0.507 e. The van der Waals surface area contributed by atoms with Gasteiger partial charge in [0.05, 0.1) is 6.04 Å². The lowest BCUT2D eigenvalue weighted by Crippen LogP contribution is -2.27. The van der Waals surface area contributed by atoms with Crippen molar-refractivity contribution in [3.05, 3.63) is 41.3 Å². The van der Waals surface area contributed by atoms with Gasteiger partial charge in [0.2, 0.25) is 0 Å². The number of hydrogen-bond acceptors (Lipinski definition) is 5. The van der Waals surface area contributed by atoms with Crippen molar-refractivity contribution in [1.29, 1.82) is 0 Å². The first-order valence-corrected chi connectivity index (χ1v) is 8.15. The number of nitrogens with zero attached hydrogens (tertiary/aromatic N) is 3. The Morgan fingerprint density at radius 1 is 1.36 bits per heavy atom. The van der Waals surface area contributed by atoms with E-state index < -0.39 is 0 Å². The minimum absolute atomic E-state index is 0.145. The van der Waals surface area contributed by atoms with E-state index in [-0.39, 0.29) is 6.04 Å². The van der Waals surface area contributed by atoms with Gasteiger partial charge in [-0.2, -0.15) is 0 Å². The molecule has 22 heavy (non-hydrogen) atoms. The number of aryl methyl sites for hydroxylation is 1. The van der Waals surface area contributed by atoms with Crippen LogP contribution in [0.4, 0.5) is 0 Å². The Kier molecular flexibility index (Phi) is 4.13. The smallest absolute Gasteiger partial charge is 0.149 e. The second-order valence-electron chi connectivity index (χ2n) is 5.80. The van der Waals surface area contributed by atoms with Gasteiger partial charge in [-0.3, -0.25) is 0 Å². The molecule has 1 aromatic carbocycles. The summed E-state index contributed by atoms with van der Waals surface area (Å²) in [7, 11) is 1.96. The van der Waals surface area contributed by atoms with Gasteiger partial charge in [-0.1, -0.05) is 19.9 Å². The summed E-state index contributed by atoms with van der Waals surface area (Å²) in [6.45, 7) is 5.08. The quantitative estimate of drug-likeness (QED) is 0.758. The molecule has 2 N–H and O–H groups in total.